The Morgan fingerprint density at radius 1 is 1.20 bits per heavy atom. The molecule has 3 fully saturated rings. The molecule has 84 valence electrons. The minimum absolute atomic E-state index is 0.158. The Balaban J connectivity index is 1.79. The molecule has 3 saturated carbocycles. The van der Waals surface area contributed by atoms with E-state index in [0.29, 0.717) is 5.41 Å². The lowest BCUT2D eigenvalue weighted by Crippen LogP contribution is -2.52. The number of ketones is 1. The summed E-state index contributed by atoms with van der Waals surface area (Å²) in [5.41, 5.74) is -0.451. The van der Waals surface area contributed by atoms with E-state index in [1.54, 1.807) is 0 Å². The number of Topliss-reactive ketones (excluding diaryl/α,β-unsaturated/α-hetero) is 1. The molecule has 3 rings (SSSR count). The second-order valence-electron chi connectivity index (χ2n) is 7.15. The molecule has 0 radical (unpaired) electrons. The van der Waals surface area contributed by atoms with Gasteiger partial charge in [-0.3, -0.25) is 4.79 Å². The lowest BCUT2D eigenvalue weighted by molar-refractivity contribution is -0.153. The fraction of sp³-hybridized carbons (Fsp3) is 0.923. The van der Waals surface area contributed by atoms with Gasteiger partial charge in [0, 0.05) is 5.92 Å². The summed E-state index contributed by atoms with van der Waals surface area (Å²) in [7, 11) is 0. The molecular weight excluding hydrogens is 188 g/mol. The number of carbonyl (C=O) groups excluding carboxylic acids is 1. The van der Waals surface area contributed by atoms with E-state index in [0.717, 1.165) is 25.7 Å². The predicted molar refractivity (Wildman–Crippen MR) is 57.3 cm³/mol. The summed E-state index contributed by atoms with van der Waals surface area (Å²) in [6, 6.07) is 0. The Morgan fingerprint density at radius 3 is 2.20 bits per heavy atom. The van der Waals surface area contributed by atoms with Crippen LogP contribution < -0.4 is 0 Å². The molecule has 2 nitrogen and oxygen atoms in total. The minimum atomic E-state index is -0.951. The largest absolute Gasteiger partial charge is 0.382 e. The Kier molecular flexibility index (Phi) is 1.52. The van der Waals surface area contributed by atoms with Crippen molar-refractivity contribution in [3.05, 3.63) is 0 Å². The van der Waals surface area contributed by atoms with Gasteiger partial charge in [0.1, 0.15) is 5.60 Å². The summed E-state index contributed by atoms with van der Waals surface area (Å²) in [5.74, 6) is 0.585. The monoisotopic (exact) mass is 208 g/mol. The predicted octanol–water partition coefficient (Wildman–Crippen LogP) is 2.15. The van der Waals surface area contributed by atoms with Crippen LogP contribution in [0.4, 0.5) is 0 Å². The van der Waals surface area contributed by atoms with Crippen LogP contribution in [0.3, 0.4) is 0 Å². The van der Waals surface area contributed by atoms with Gasteiger partial charge in [-0.15, -0.1) is 0 Å². The first kappa shape index (κ1) is 9.83. The SMILES string of the molecule is CC1(C)CC([C@]2(O)C[C@]3(C)C[C@@H]3C2=O)C1. The van der Waals surface area contributed by atoms with Crippen molar-refractivity contribution in [1.82, 2.24) is 0 Å². The molecule has 0 amide bonds. The third kappa shape index (κ3) is 1.12. The van der Waals surface area contributed by atoms with Gasteiger partial charge in [0.15, 0.2) is 5.78 Å². The van der Waals surface area contributed by atoms with Gasteiger partial charge in [-0.25, -0.2) is 0 Å². The molecule has 0 aromatic rings. The van der Waals surface area contributed by atoms with Crippen molar-refractivity contribution in [1.29, 1.82) is 0 Å². The Morgan fingerprint density at radius 2 is 1.80 bits per heavy atom. The van der Waals surface area contributed by atoms with Gasteiger partial charge in [-0.2, -0.15) is 0 Å². The standard InChI is InChI=1S/C13H20O2/c1-11(2)4-8(5-11)13(15)7-12(3)6-9(12)10(13)14/h8-9,15H,4-7H2,1-3H3/t9-,12+,13-/m1/s1. The number of aliphatic hydroxyl groups is 1. The van der Waals surface area contributed by atoms with Crippen LogP contribution in [0.25, 0.3) is 0 Å². The van der Waals surface area contributed by atoms with Crippen LogP contribution in [0.2, 0.25) is 0 Å². The number of hydrogen-bond donors (Lipinski definition) is 1. The second kappa shape index (κ2) is 2.32. The van der Waals surface area contributed by atoms with Crippen LogP contribution in [0.1, 0.15) is 46.5 Å². The van der Waals surface area contributed by atoms with Crippen molar-refractivity contribution in [2.45, 2.75) is 52.1 Å². The van der Waals surface area contributed by atoms with E-state index in [2.05, 4.69) is 20.8 Å². The molecule has 0 unspecified atom stereocenters. The molecule has 2 heteroatoms. The summed E-state index contributed by atoms with van der Waals surface area (Å²) in [6.45, 7) is 6.58. The van der Waals surface area contributed by atoms with Gasteiger partial charge in [-0.05, 0) is 42.4 Å². The third-order valence-corrected chi connectivity index (χ3v) is 5.04. The lowest BCUT2D eigenvalue weighted by Gasteiger charge is -2.49. The highest BCUT2D eigenvalue weighted by Gasteiger charge is 2.71. The van der Waals surface area contributed by atoms with E-state index >= 15 is 0 Å². The van der Waals surface area contributed by atoms with Gasteiger partial charge in [0.25, 0.3) is 0 Å². The van der Waals surface area contributed by atoms with E-state index in [1.807, 2.05) is 0 Å². The maximum absolute atomic E-state index is 12.1. The normalized spacial score (nSPS) is 52.5. The van der Waals surface area contributed by atoms with E-state index in [9.17, 15) is 9.90 Å². The Bertz CT molecular complexity index is 338. The first-order valence-corrected chi connectivity index (χ1v) is 6.04. The zero-order chi connectivity index (χ0) is 11.1. The van der Waals surface area contributed by atoms with Crippen LogP contribution in [-0.2, 0) is 4.79 Å². The van der Waals surface area contributed by atoms with Gasteiger partial charge in [0.05, 0.1) is 0 Å². The first-order valence-electron chi connectivity index (χ1n) is 6.04. The van der Waals surface area contributed by atoms with Crippen molar-refractivity contribution in [3.63, 3.8) is 0 Å². The fourth-order valence-corrected chi connectivity index (χ4v) is 3.97. The van der Waals surface area contributed by atoms with Crippen molar-refractivity contribution < 1.29 is 9.90 Å². The topological polar surface area (TPSA) is 37.3 Å². The fourth-order valence-electron chi connectivity index (χ4n) is 3.97. The number of hydrogen-bond acceptors (Lipinski definition) is 2. The van der Waals surface area contributed by atoms with Gasteiger partial charge in [-0.1, -0.05) is 20.8 Å². The molecule has 3 aliphatic rings. The average Bonchev–Trinajstić information content (AvgIpc) is 2.66. The van der Waals surface area contributed by atoms with Crippen molar-refractivity contribution in [2.24, 2.45) is 22.7 Å². The van der Waals surface area contributed by atoms with Crippen LogP contribution in [0, 0.1) is 22.7 Å². The smallest absolute Gasteiger partial charge is 0.168 e. The molecule has 15 heavy (non-hydrogen) atoms. The lowest BCUT2D eigenvalue weighted by atomic mass is 9.57. The zero-order valence-electron chi connectivity index (χ0n) is 9.84. The van der Waals surface area contributed by atoms with E-state index in [-0.39, 0.29) is 23.0 Å². The van der Waals surface area contributed by atoms with Gasteiger partial charge < -0.3 is 5.11 Å². The molecule has 3 atom stereocenters. The molecule has 3 aliphatic carbocycles. The Labute approximate surface area is 91.1 Å². The van der Waals surface area contributed by atoms with Crippen LogP contribution >= 0.6 is 0 Å². The van der Waals surface area contributed by atoms with Crippen LogP contribution in [0.15, 0.2) is 0 Å². The van der Waals surface area contributed by atoms with E-state index in [4.69, 9.17) is 0 Å². The number of rotatable bonds is 1. The average molecular weight is 208 g/mol. The molecule has 0 spiro atoms. The highest BCUT2D eigenvalue weighted by Crippen LogP contribution is 2.68. The summed E-state index contributed by atoms with van der Waals surface area (Å²) < 4.78 is 0. The summed E-state index contributed by atoms with van der Waals surface area (Å²) in [6.07, 6.45) is 3.77. The van der Waals surface area contributed by atoms with Gasteiger partial charge >= 0.3 is 0 Å². The molecule has 0 aliphatic heterocycles. The van der Waals surface area contributed by atoms with Crippen molar-refractivity contribution in [3.8, 4) is 0 Å². The van der Waals surface area contributed by atoms with E-state index < -0.39 is 5.60 Å². The van der Waals surface area contributed by atoms with Crippen molar-refractivity contribution in [2.75, 3.05) is 0 Å². The maximum atomic E-state index is 12.1. The number of carbonyl (C=O) groups is 1. The highest BCUT2D eigenvalue weighted by atomic mass is 16.3. The maximum Gasteiger partial charge on any atom is 0.168 e. The summed E-state index contributed by atoms with van der Waals surface area (Å²) in [4.78, 5) is 12.1. The third-order valence-electron chi connectivity index (χ3n) is 5.04. The van der Waals surface area contributed by atoms with Crippen LogP contribution in [-0.4, -0.2) is 16.5 Å². The molecule has 0 saturated heterocycles. The quantitative estimate of drug-likeness (QED) is 0.717. The zero-order valence-corrected chi connectivity index (χ0v) is 9.84. The van der Waals surface area contributed by atoms with Crippen LogP contribution in [0.5, 0.6) is 0 Å². The molecule has 0 aromatic heterocycles. The molecular formula is C13H20O2. The second-order valence-corrected chi connectivity index (χ2v) is 7.15. The number of fused-ring (bicyclic) bond motifs is 1. The molecule has 0 heterocycles. The highest BCUT2D eigenvalue weighted by molar-refractivity contribution is 5.95. The summed E-state index contributed by atoms with van der Waals surface area (Å²) in [5, 5.41) is 10.5. The molecule has 0 bridgehead atoms. The molecule has 0 aromatic carbocycles. The van der Waals surface area contributed by atoms with Crippen molar-refractivity contribution >= 4 is 5.78 Å². The Hall–Kier alpha value is -0.370. The minimum Gasteiger partial charge on any atom is -0.382 e. The van der Waals surface area contributed by atoms with Gasteiger partial charge in [0.2, 0.25) is 0 Å². The molecule has 1 N–H and O–H groups in total. The summed E-state index contributed by atoms with van der Waals surface area (Å²) >= 11 is 0. The van der Waals surface area contributed by atoms with E-state index in [1.165, 1.54) is 0 Å². The first-order chi connectivity index (χ1) is 6.77.